The molecule has 3 atom stereocenters. The third-order valence-electron chi connectivity index (χ3n) is 7.63. The minimum atomic E-state index is -0.972. The topological polar surface area (TPSA) is 112 Å². The van der Waals surface area contributed by atoms with Crippen LogP contribution < -0.4 is 0 Å². The largest absolute Gasteiger partial charge is 0.481 e. The van der Waals surface area contributed by atoms with Gasteiger partial charge < -0.3 is 10.0 Å². The van der Waals surface area contributed by atoms with E-state index in [1.165, 1.54) is 0 Å². The smallest absolute Gasteiger partial charge is 0.307 e. The van der Waals surface area contributed by atoms with Crippen LogP contribution in [-0.4, -0.2) is 58.0 Å². The summed E-state index contributed by atoms with van der Waals surface area (Å²) in [6.45, 7) is 0.227. The number of carboxylic acids is 1. The van der Waals surface area contributed by atoms with E-state index >= 15 is 0 Å². The Hall–Kier alpha value is -3.81. The fourth-order valence-corrected chi connectivity index (χ4v) is 5.86. The first kappa shape index (κ1) is 23.0. The molecule has 8 heteroatoms. The highest BCUT2D eigenvalue weighted by Crippen LogP contribution is 2.38. The monoisotopic (exact) mass is 474 g/mol. The maximum absolute atomic E-state index is 13.8. The summed E-state index contributed by atoms with van der Waals surface area (Å²) in [6, 6.07) is 11.2. The molecule has 1 fully saturated rings. The SMILES string of the molecule is O=Cc1cccc2c1CCN(C(=O)[C@@H]1CCCC[C@@H]1C(=O)O)[C@@H]2CN1C(=O)c2ccccc2C1=O. The van der Waals surface area contributed by atoms with E-state index in [2.05, 4.69) is 0 Å². The van der Waals surface area contributed by atoms with E-state index in [4.69, 9.17) is 0 Å². The summed E-state index contributed by atoms with van der Waals surface area (Å²) in [5.41, 5.74) is 2.68. The molecular weight excluding hydrogens is 448 g/mol. The Labute approximate surface area is 202 Å². The standard InChI is InChI=1S/C27H26N2O6/c30-15-16-6-5-11-18-17(16)12-13-28(24(31)21-9-3-4-10-22(21)27(34)35)23(18)14-29-25(32)19-7-1-2-8-20(19)26(29)33/h1-2,5-8,11,15,21-23H,3-4,9-10,12-14H2,(H,34,35)/t21-,22+,23-/m1/s1. The molecule has 0 spiro atoms. The van der Waals surface area contributed by atoms with Gasteiger partial charge in [0.25, 0.3) is 11.8 Å². The van der Waals surface area contributed by atoms with Crippen molar-refractivity contribution in [3.63, 3.8) is 0 Å². The Kier molecular flexibility index (Phi) is 5.96. The van der Waals surface area contributed by atoms with Crippen LogP contribution in [0.3, 0.4) is 0 Å². The fourth-order valence-electron chi connectivity index (χ4n) is 5.86. The molecule has 2 aromatic carbocycles. The number of aldehydes is 1. The van der Waals surface area contributed by atoms with Gasteiger partial charge in [-0.25, -0.2) is 0 Å². The average molecular weight is 475 g/mol. The fraction of sp³-hybridized carbons (Fsp3) is 0.370. The van der Waals surface area contributed by atoms with Gasteiger partial charge in [-0.2, -0.15) is 0 Å². The second-order valence-corrected chi connectivity index (χ2v) is 9.43. The van der Waals surface area contributed by atoms with E-state index in [1.54, 1.807) is 41.3 Å². The predicted molar refractivity (Wildman–Crippen MR) is 125 cm³/mol. The number of carboxylic acid groups (broad SMARTS) is 1. The maximum Gasteiger partial charge on any atom is 0.307 e. The van der Waals surface area contributed by atoms with Crippen molar-refractivity contribution in [3.8, 4) is 0 Å². The Morgan fingerprint density at radius 1 is 0.943 bits per heavy atom. The zero-order valence-electron chi connectivity index (χ0n) is 19.2. The molecular formula is C27H26N2O6. The Bertz CT molecular complexity index is 1200. The van der Waals surface area contributed by atoms with Crippen LogP contribution in [0.25, 0.3) is 0 Å². The average Bonchev–Trinajstić information content (AvgIpc) is 3.13. The zero-order chi connectivity index (χ0) is 24.7. The molecule has 0 bridgehead atoms. The lowest BCUT2D eigenvalue weighted by Gasteiger charge is -2.42. The number of carbonyl (C=O) groups excluding carboxylic acids is 4. The molecule has 8 nitrogen and oxygen atoms in total. The first-order chi connectivity index (χ1) is 16.9. The Balaban J connectivity index is 1.53. The summed E-state index contributed by atoms with van der Waals surface area (Å²) in [7, 11) is 0. The molecule has 3 amide bonds. The van der Waals surface area contributed by atoms with Crippen molar-refractivity contribution >= 4 is 30.0 Å². The lowest BCUT2D eigenvalue weighted by Crippen LogP contribution is -2.50. The van der Waals surface area contributed by atoms with E-state index in [-0.39, 0.29) is 19.0 Å². The van der Waals surface area contributed by atoms with Crippen molar-refractivity contribution < 1.29 is 29.1 Å². The van der Waals surface area contributed by atoms with Crippen molar-refractivity contribution in [2.45, 2.75) is 38.1 Å². The highest BCUT2D eigenvalue weighted by Gasteiger charge is 2.44. The lowest BCUT2D eigenvalue weighted by molar-refractivity contribution is -0.153. The van der Waals surface area contributed by atoms with Gasteiger partial charge in [-0.05, 0) is 42.5 Å². The van der Waals surface area contributed by atoms with Gasteiger partial charge in [0.2, 0.25) is 5.91 Å². The predicted octanol–water partition coefficient (Wildman–Crippen LogP) is 3.11. The summed E-state index contributed by atoms with van der Waals surface area (Å²) in [5, 5.41) is 9.74. The normalized spacial score (nSPS) is 23.6. The zero-order valence-corrected chi connectivity index (χ0v) is 19.2. The van der Waals surface area contributed by atoms with Gasteiger partial charge in [0.05, 0.1) is 35.5 Å². The number of nitrogens with zero attached hydrogens (tertiary/aromatic N) is 2. The number of benzene rings is 2. The maximum atomic E-state index is 13.8. The van der Waals surface area contributed by atoms with Gasteiger partial charge in [-0.15, -0.1) is 0 Å². The summed E-state index contributed by atoms with van der Waals surface area (Å²) < 4.78 is 0. The van der Waals surface area contributed by atoms with E-state index in [0.29, 0.717) is 41.5 Å². The highest BCUT2D eigenvalue weighted by atomic mass is 16.4. The first-order valence-electron chi connectivity index (χ1n) is 12.0. The van der Waals surface area contributed by atoms with E-state index in [1.807, 2.05) is 6.07 Å². The van der Waals surface area contributed by atoms with Gasteiger partial charge in [0.1, 0.15) is 6.29 Å². The second-order valence-electron chi connectivity index (χ2n) is 9.43. The minimum absolute atomic E-state index is 0.0577. The number of hydrogen-bond acceptors (Lipinski definition) is 5. The van der Waals surface area contributed by atoms with E-state index in [9.17, 15) is 29.1 Å². The van der Waals surface area contributed by atoms with Crippen LogP contribution in [0.1, 0.15) is 73.9 Å². The molecule has 0 saturated heterocycles. The highest BCUT2D eigenvalue weighted by molar-refractivity contribution is 6.21. The van der Waals surface area contributed by atoms with E-state index in [0.717, 1.165) is 29.6 Å². The van der Waals surface area contributed by atoms with Crippen LogP contribution >= 0.6 is 0 Å². The Morgan fingerprint density at radius 3 is 2.23 bits per heavy atom. The molecule has 2 aromatic rings. The van der Waals surface area contributed by atoms with Gasteiger partial charge in [-0.1, -0.05) is 43.2 Å². The van der Waals surface area contributed by atoms with Crippen LogP contribution in [-0.2, 0) is 16.0 Å². The number of imide groups is 1. The molecule has 0 radical (unpaired) electrons. The molecule has 0 unspecified atom stereocenters. The number of rotatable bonds is 5. The van der Waals surface area contributed by atoms with Crippen LogP contribution in [0, 0.1) is 11.8 Å². The van der Waals surface area contributed by atoms with Crippen molar-refractivity contribution in [2.75, 3.05) is 13.1 Å². The first-order valence-corrected chi connectivity index (χ1v) is 12.0. The molecule has 1 saturated carbocycles. The van der Waals surface area contributed by atoms with Crippen molar-refractivity contribution in [3.05, 3.63) is 70.3 Å². The molecule has 3 aliphatic rings. The molecule has 35 heavy (non-hydrogen) atoms. The molecule has 1 N–H and O–H groups in total. The second kappa shape index (κ2) is 9.09. The van der Waals surface area contributed by atoms with Gasteiger partial charge >= 0.3 is 5.97 Å². The van der Waals surface area contributed by atoms with Crippen LogP contribution in [0.15, 0.2) is 42.5 Å². The molecule has 2 aliphatic heterocycles. The minimum Gasteiger partial charge on any atom is -0.481 e. The number of hydrogen-bond donors (Lipinski definition) is 1. The molecule has 2 heterocycles. The van der Waals surface area contributed by atoms with Crippen LogP contribution in [0.2, 0.25) is 0 Å². The van der Waals surface area contributed by atoms with Crippen molar-refractivity contribution in [2.24, 2.45) is 11.8 Å². The number of aliphatic carboxylic acids is 1. The molecule has 5 rings (SSSR count). The molecule has 1 aliphatic carbocycles. The summed E-state index contributed by atoms with van der Waals surface area (Å²) in [4.78, 5) is 66.4. The van der Waals surface area contributed by atoms with Gasteiger partial charge in [-0.3, -0.25) is 28.9 Å². The van der Waals surface area contributed by atoms with E-state index < -0.39 is 35.7 Å². The van der Waals surface area contributed by atoms with Gasteiger partial charge in [0.15, 0.2) is 0 Å². The number of carbonyl (C=O) groups is 5. The Morgan fingerprint density at radius 2 is 1.60 bits per heavy atom. The van der Waals surface area contributed by atoms with Gasteiger partial charge in [0, 0.05) is 12.1 Å². The van der Waals surface area contributed by atoms with Crippen LogP contribution in [0.5, 0.6) is 0 Å². The molecule has 180 valence electrons. The van der Waals surface area contributed by atoms with Crippen molar-refractivity contribution in [1.29, 1.82) is 0 Å². The summed E-state index contributed by atoms with van der Waals surface area (Å²) in [5.74, 6) is -3.47. The third kappa shape index (κ3) is 3.83. The summed E-state index contributed by atoms with van der Waals surface area (Å²) in [6.07, 6.45) is 3.71. The van der Waals surface area contributed by atoms with Crippen molar-refractivity contribution in [1.82, 2.24) is 9.80 Å². The number of fused-ring (bicyclic) bond motifs is 2. The quantitative estimate of drug-likeness (QED) is 0.526. The number of amides is 3. The summed E-state index contributed by atoms with van der Waals surface area (Å²) >= 11 is 0. The third-order valence-corrected chi connectivity index (χ3v) is 7.63. The lowest BCUT2D eigenvalue weighted by atomic mass is 9.77. The molecule has 0 aromatic heterocycles. The van der Waals surface area contributed by atoms with Crippen LogP contribution in [0.4, 0.5) is 0 Å².